The highest BCUT2D eigenvalue weighted by molar-refractivity contribution is 6.13. The van der Waals surface area contributed by atoms with Gasteiger partial charge in [0.05, 0.1) is 18.9 Å². The molecule has 12 nitrogen and oxygen atoms in total. The molecule has 2 N–H and O–H groups in total. The lowest BCUT2D eigenvalue weighted by molar-refractivity contribution is -0.144. The highest BCUT2D eigenvalue weighted by atomic mass is 16.6. The van der Waals surface area contributed by atoms with Crippen molar-refractivity contribution in [3.8, 4) is 0 Å². The summed E-state index contributed by atoms with van der Waals surface area (Å²) in [5.41, 5.74) is -0.897. The fourth-order valence-electron chi connectivity index (χ4n) is 5.30. The number of rotatable bonds is 10. The van der Waals surface area contributed by atoms with E-state index in [-0.39, 0.29) is 32.1 Å². The van der Waals surface area contributed by atoms with Gasteiger partial charge in [0, 0.05) is 44.9 Å². The first-order valence-corrected chi connectivity index (χ1v) is 14.7. The van der Waals surface area contributed by atoms with Gasteiger partial charge in [-0.1, -0.05) is 36.4 Å². The third kappa shape index (κ3) is 7.79. The Balaban J connectivity index is 1.54. The standard InChI is InChI=1S/C32H42N6O6/c1-30(2,3)44-29(42)35-31(4,5)27(40)34-24(20-43-19-22-12-8-7-9-13-22)26(39)38-17-15-25-32(21-38,28(41)37(6)36-25)18-23-14-10-11-16-33-23/h7-14,16,24H,15,17-21H2,1-6H3,(H,34,40)(H,35,42)/t24-,32?/m1/s1. The first-order chi connectivity index (χ1) is 20.7. The monoisotopic (exact) mass is 606 g/mol. The molecule has 3 heterocycles. The number of alkyl carbamates (subject to hydrolysis) is 1. The van der Waals surface area contributed by atoms with E-state index in [0.717, 1.165) is 5.56 Å². The van der Waals surface area contributed by atoms with E-state index in [0.29, 0.717) is 24.4 Å². The van der Waals surface area contributed by atoms with Gasteiger partial charge in [-0.3, -0.25) is 19.4 Å². The Labute approximate surface area is 258 Å². The summed E-state index contributed by atoms with van der Waals surface area (Å²) in [7, 11) is 1.61. The Morgan fingerprint density at radius 2 is 1.75 bits per heavy atom. The second-order valence-corrected chi connectivity index (χ2v) is 12.7. The van der Waals surface area contributed by atoms with Crippen molar-refractivity contribution in [3.63, 3.8) is 0 Å². The molecule has 44 heavy (non-hydrogen) atoms. The number of hydrogen-bond donors (Lipinski definition) is 2. The topological polar surface area (TPSA) is 143 Å². The van der Waals surface area contributed by atoms with E-state index >= 15 is 0 Å². The van der Waals surface area contributed by atoms with Gasteiger partial charge in [-0.15, -0.1) is 0 Å². The van der Waals surface area contributed by atoms with Gasteiger partial charge in [0.1, 0.15) is 22.6 Å². The quantitative estimate of drug-likeness (QED) is 0.423. The first-order valence-electron chi connectivity index (χ1n) is 14.7. The number of carbonyl (C=O) groups excluding carboxylic acids is 4. The number of hydrogen-bond acceptors (Lipinski definition) is 8. The maximum atomic E-state index is 14.1. The molecule has 1 aromatic heterocycles. The molecular weight excluding hydrogens is 564 g/mol. The van der Waals surface area contributed by atoms with E-state index in [2.05, 4.69) is 20.7 Å². The van der Waals surface area contributed by atoms with Gasteiger partial charge in [0.15, 0.2) is 0 Å². The van der Waals surface area contributed by atoms with Gasteiger partial charge in [0.25, 0.3) is 5.91 Å². The average molecular weight is 607 g/mol. The molecule has 1 fully saturated rings. The molecule has 1 unspecified atom stereocenters. The molecule has 0 saturated carbocycles. The SMILES string of the molecule is CN1N=C2CCN(C(=O)[C@@H](COCc3ccccc3)NC(=O)C(C)(C)NC(=O)OC(C)(C)C)CC2(Cc2ccccn2)C1=O. The number of nitrogens with one attached hydrogen (secondary N) is 2. The molecule has 2 aliphatic rings. The summed E-state index contributed by atoms with van der Waals surface area (Å²) < 4.78 is 11.2. The number of fused-ring (bicyclic) bond motifs is 1. The molecule has 0 bridgehead atoms. The first kappa shape index (κ1) is 32.6. The summed E-state index contributed by atoms with van der Waals surface area (Å²) in [6, 6.07) is 13.9. The maximum absolute atomic E-state index is 14.1. The number of likely N-dealkylation sites (tertiary alicyclic amines) is 1. The molecule has 1 aromatic carbocycles. The van der Waals surface area contributed by atoms with Gasteiger partial charge in [-0.05, 0) is 52.3 Å². The Hall–Kier alpha value is -4.32. The average Bonchev–Trinajstić information content (AvgIpc) is 3.20. The zero-order valence-corrected chi connectivity index (χ0v) is 26.3. The lowest BCUT2D eigenvalue weighted by Gasteiger charge is -2.40. The smallest absolute Gasteiger partial charge is 0.408 e. The Morgan fingerprint density at radius 3 is 2.41 bits per heavy atom. The predicted molar refractivity (Wildman–Crippen MR) is 163 cm³/mol. The molecule has 2 atom stereocenters. The second kappa shape index (κ2) is 13.1. The lowest BCUT2D eigenvalue weighted by Crippen LogP contribution is -2.63. The summed E-state index contributed by atoms with van der Waals surface area (Å²) >= 11 is 0. The lowest BCUT2D eigenvalue weighted by atomic mass is 9.74. The molecule has 236 valence electrons. The molecule has 0 aliphatic carbocycles. The zero-order valence-electron chi connectivity index (χ0n) is 26.3. The molecular formula is C32H42N6O6. The van der Waals surface area contributed by atoms with Crippen molar-refractivity contribution in [2.75, 3.05) is 26.7 Å². The Bertz CT molecular complexity index is 1390. The minimum Gasteiger partial charge on any atom is -0.444 e. The third-order valence-electron chi connectivity index (χ3n) is 7.51. The number of nitrogens with zero attached hydrogens (tertiary/aromatic N) is 4. The summed E-state index contributed by atoms with van der Waals surface area (Å²) in [6.45, 7) is 8.71. The van der Waals surface area contributed by atoms with Crippen molar-refractivity contribution in [2.24, 2.45) is 10.5 Å². The molecule has 4 rings (SSSR count). The zero-order chi connectivity index (χ0) is 32.1. The number of amides is 4. The fourth-order valence-corrected chi connectivity index (χ4v) is 5.30. The van der Waals surface area contributed by atoms with Crippen LogP contribution in [0.25, 0.3) is 0 Å². The summed E-state index contributed by atoms with van der Waals surface area (Å²) in [4.78, 5) is 59.6. The van der Waals surface area contributed by atoms with Crippen molar-refractivity contribution in [1.82, 2.24) is 25.5 Å². The van der Waals surface area contributed by atoms with Crippen LogP contribution in [-0.2, 0) is 36.9 Å². The van der Waals surface area contributed by atoms with Crippen LogP contribution in [0.2, 0.25) is 0 Å². The van der Waals surface area contributed by atoms with Gasteiger partial charge >= 0.3 is 6.09 Å². The summed E-state index contributed by atoms with van der Waals surface area (Å²) in [6.07, 6.45) is 1.59. The van der Waals surface area contributed by atoms with Crippen LogP contribution in [0.5, 0.6) is 0 Å². The second-order valence-electron chi connectivity index (χ2n) is 12.7. The number of hydrazone groups is 1. The molecule has 2 aromatic rings. The van der Waals surface area contributed by atoms with Crippen LogP contribution in [-0.4, -0.2) is 88.3 Å². The van der Waals surface area contributed by atoms with Crippen LogP contribution in [0, 0.1) is 5.41 Å². The van der Waals surface area contributed by atoms with E-state index in [1.165, 1.54) is 18.9 Å². The maximum Gasteiger partial charge on any atom is 0.408 e. The highest BCUT2D eigenvalue weighted by Gasteiger charge is 2.54. The van der Waals surface area contributed by atoms with E-state index in [1.54, 1.807) is 45.0 Å². The molecule has 2 aliphatic heterocycles. The van der Waals surface area contributed by atoms with Crippen molar-refractivity contribution in [3.05, 3.63) is 66.0 Å². The molecule has 0 spiro atoms. The van der Waals surface area contributed by atoms with Crippen LogP contribution in [0.4, 0.5) is 4.79 Å². The van der Waals surface area contributed by atoms with Gasteiger partial charge in [-0.2, -0.15) is 5.10 Å². The van der Waals surface area contributed by atoms with E-state index in [1.807, 2.05) is 42.5 Å². The Kier molecular flexibility index (Phi) is 9.72. The van der Waals surface area contributed by atoms with Crippen molar-refractivity contribution >= 4 is 29.5 Å². The molecule has 12 heteroatoms. The largest absolute Gasteiger partial charge is 0.444 e. The molecule has 1 saturated heterocycles. The summed E-state index contributed by atoms with van der Waals surface area (Å²) in [5, 5.41) is 11.2. The van der Waals surface area contributed by atoms with E-state index in [4.69, 9.17) is 9.47 Å². The Morgan fingerprint density at radius 1 is 1.05 bits per heavy atom. The predicted octanol–water partition coefficient (Wildman–Crippen LogP) is 2.68. The van der Waals surface area contributed by atoms with E-state index in [9.17, 15) is 19.2 Å². The third-order valence-corrected chi connectivity index (χ3v) is 7.51. The van der Waals surface area contributed by atoms with Crippen LogP contribution in [0.1, 0.15) is 52.3 Å². The number of benzene rings is 1. The minimum absolute atomic E-state index is 0.0784. The van der Waals surface area contributed by atoms with Crippen LogP contribution < -0.4 is 10.6 Å². The summed E-state index contributed by atoms with van der Waals surface area (Å²) in [5.74, 6) is -1.20. The number of piperidine rings is 1. The van der Waals surface area contributed by atoms with Gasteiger partial charge in [0.2, 0.25) is 11.8 Å². The molecule has 4 amide bonds. The van der Waals surface area contributed by atoms with Crippen molar-refractivity contribution < 1.29 is 28.7 Å². The normalized spacial score (nSPS) is 19.1. The van der Waals surface area contributed by atoms with Crippen molar-refractivity contribution in [1.29, 1.82) is 0 Å². The van der Waals surface area contributed by atoms with Crippen molar-refractivity contribution in [2.45, 2.75) is 71.2 Å². The van der Waals surface area contributed by atoms with Gasteiger partial charge < -0.3 is 25.0 Å². The number of aromatic nitrogens is 1. The number of carbonyl (C=O) groups is 4. The van der Waals surface area contributed by atoms with Gasteiger partial charge in [-0.25, -0.2) is 9.80 Å². The highest BCUT2D eigenvalue weighted by Crippen LogP contribution is 2.38. The van der Waals surface area contributed by atoms with Crippen LogP contribution in [0.3, 0.4) is 0 Å². The molecule has 0 radical (unpaired) electrons. The number of ether oxygens (including phenoxy) is 2. The van der Waals surface area contributed by atoms with Crippen LogP contribution >= 0.6 is 0 Å². The number of pyridine rings is 1. The fraction of sp³-hybridized carbons (Fsp3) is 0.500. The minimum atomic E-state index is -1.41. The van der Waals surface area contributed by atoms with Crippen LogP contribution in [0.15, 0.2) is 59.8 Å². The van der Waals surface area contributed by atoms with E-state index < -0.39 is 40.5 Å².